The van der Waals surface area contributed by atoms with E-state index in [-0.39, 0.29) is 25.5 Å². The Morgan fingerprint density at radius 3 is 2.50 bits per heavy atom. The minimum Gasteiger partial charge on any atom is -0.490 e. The number of hydrogen-bond acceptors (Lipinski definition) is 6. The molecule has 0 radical (unpaired) electrons. The first-order chi connectivity index (χ1) is 12.4. The van der Waals surface area contributed by atoms with E-state index in [2.05, 4.69) is 0 Å². The fraction of sp³-hybridized carbons (Fsp3) is 0.667. The van der Waals surface area contributed by atoms with Crippen molar-refractivity contribution in [3.63, 3.8) is 0 Å². The van der Waals surface area contributed by atoms with Crippen LogP contribution in [0.15, 0.2) is 18.2 Å². The van der Waals surface area contributed by atoms with Crippen molar-refractivity contribution in [2.75, 3.05) is 26.3 Å². The minimum atomic E-state index is -1.25. The average Bonchev–Trinajstić information content (AvgIpc) is 2.62. The van der Waals surface area contributed by atoms with Crippen molar-refractivity contribution in [2.45, 2.75) is 50.0 Å². The lowest BCUT2D eigenvalue weighted by atomic mass is 9.94. The van der Waals surface area contributed by atoms with Gasteiger partial charge in [-0.1, -0.05) is 12.8 Å². The molecule has 0 amide bonds. The summed E-state index contributed by atoms with van der Waals surface area (Å²) in [5.41, 5.74) is 0. The van der Waals surface area contributed by atoms with Crippen molar-refractivity contribution in [1.82, 2.24) is 4.90 Å². The number of piperidine rings is 1. The first-order valence-electron chi connectivity index (χ1n) is 8.91. The highest BCUT2D eigenvalue weighted by Crippen LogP contribution is 2.20. The fourth-order valence-electron chi connectivity index (χ4n) is 3.18. The zero-order valence-corrected chi connectivity index (χ0v) is 14.6. The molecule has 1 aliphatic rings. The van der Waals surface area contributed by atoms with Crippen molar-refractivity contribution in [1.29, 1.82) is 0 Å². The van der Waals surface area contributed by atoms with Crippen molar-refractivity contribution >= 4 is 0 Å². The molecule has 1 saturated heterocycles. The SMILES string of the molecule is OC[C@@H]1[C@@H](O)[C@H](O)[C@@H](O)CN1CCCCCCOc1cc(F)ccc1F. The lowest BCUT2D eigenvalue weighted by Gasteiger charge is -2.43. The molecule has 8 heteroatoms. The number of aliphatic hydroxyl groups excluding tert-OH is 4. The Morgan fingerprint density at radius 1 is 1.04 bits per heavy atom. The van der Waals surface area contributed by atoms with Gasteiger partial charge in [0.25, 0.3) is 0 Å². The molecule has 4 atom stereocenters. The van der Waals surface area contributed by atoms with E-state index in [0.29, 0.717) is 13.0 Å². The van der Waals surface area contributed by atoms with Gasteiger partial charge in [-0.25, -0.2) is 8.78 Å². The number of ether oxygens (including phenoxy) is 1. The smallest absolute Gasteiger partial charge is 0.165 e. The van der Waals surface area contributed by atoms with E-state index < -0.39 is 36.0 Å². The number of aliphatic hydroxyl groups is 4. The largest absolute Gasteiger partial charge is 0.490 e. The molecule has 1 aromatic rings. The zero-order chi connectivity index (χ0) is 19.1. The molecule has 6 nitrogen and oxygen atoms in total. The Bertz CT molecular complexity index is 562. The minimum absolute atomic E-state index is 0.0920. The summed E-state index contributed by atoms with van der Waals surface area (Å²) >= 11 is 0. The average molecular weight is 375 g/mol. The Hall–Kier alpha value is -1.32. The third kappa shape index (κ3) is 5.59. The topological polar surface area (TPSA) is 93.4 Å². The summed E-state index contributed by atoms with van der Waals surface area (Å²) in [7, 11) is 0. The van der Waals surface area contributed by atoms with Gasteiger partial charge in [-0.15, -0.1) is 0 Å². The fourth-order valence-corrected chi connectivity index (χ4v) is 3.18. The summed E-state index contributed by atoms with van der Waals surface area (Å²) in [5, 5.41) is 38.7. The van der Waals surface area contributed by atoms with Crippen LogP contribution in [0.25, 0.3) is 0 Å². The maximum Gasteiger partial charge on any atom is 0.165 e. The zero-order valence-electron chi connectivity index (χ0n) is 14.6. The normalized spacial score (nSPS) is 26.8. The van der Waals surface area contributed by atoms with Crippen LogP contribution >= 0.6 is 0 Å². The molecule has 0 saturated carbocycles. The van der Waals surface area contributed by atoms with Crippen LogP contribution in [0.5, 0.6) is 5.75 Å². The van der Waals surface area contributed by atoms with Gasteiger partial charge in [0.15, 0.2) is 11.6 Å². The summed E-state index contributed by atoms with van der Waals surface area (Å²) in [6.45, 7) is 0.766. The van der Waals surface area contributed by atoms with Crippen molar-refractivity contribution in [3.05, 3.63) is 29.8 Å². The molecule has 0 aromatic heterocycles. The van der Waals surface area contributed by atoms with Crippen LogP contribution in [-0.4, -0.2) is 76.0 Å². The van der Waals surface area contributed by atoms with Crippen molar-refractivity contribution in [3.8, 4) is 5.75 Å². The van der Waals surface area contributed by atoms with Crippen LogP contribution in [0.3, 0.4) is 0 Å². The van der Waals surface area contributed by atoms with Crippen LogP contribution in [0.1, 0.15) is 25.7 Å². The summed E-state index contributed by atoms with van der Waals surface area (Å²) in [4.78, 5) is 1.78. The van der Waals surface area contributed by atoms with Crippen LogP contribution in [0.2, 0.25) is 0 Å². The summed E-state index contributed by atoms with van der Waals surface area (Å²) < 4.78 is 31.6. The molecule has 4 N–H and O–H groups in total. The molecule has 0 unspecified atom stereocenters. The molecule has 26 heavy (non-hydrogen) atoms. The van der Waals surface area contributed by atoms with Gasteiger partial charge in [0.1, 0.15) is 18.0 Å². The maximum atomic E-state index is 13.4. The van der Waals surface area contributed by atoms with Gasteiger partial charge < -0.3 is 25.2 Å². The third-order valence-corrected chi connectivity index (χ3v) is 4.71. The van der Waals surface area contributed by atoms with E-state index >= 15 is 0 Å². The molecule has 0 spiro atoms. The number of unbranched alkanes of at least 4 members (excludes halogenated alkanes) is 3. The van der Waals surface area contributed by atoms with Crippen molar-refractivity contribution in [2.24, 2.45) is 0 Å². The molecule has 1 fully saturated rings. The van der Waals surface area contributed by atoms with Gasteiger partial charge in [0, 0.05) is 12.6 Å². The van der Waals surface area contributed by atoms with E-state index in [9.17, 15) is 29.2 Å². The number of nitrogens with zero attached hydrogens (tertiary/aromatic N) is 1. The number of likely N-dealkylation sites (tertiary alicyclic amines) is 1. The molecular formula is C18H27F2NO5. The summed E-state index contributed by atoms with van der Waals surface area (Å²) in [6.07, 6.45) is -0.339. The summed E-state index contributed by atoms with van der Waals surface area (Å²) in [5.74, 6) is -1.23. The lowest BCUT2D eigenvalue weighted by molar-refractivity contribution is -0.145. The second-order valence-corrected chi connectivity index (χ2v) is 6.63. The van der Waals surface area contributed by atoms with E-state index in [0.717, 1.165) is 37.5 Å². The quantitative estimate of drug-likeness (QED) is 0.474. The first kappa shape index (κ1) is 21.0. The molecule has 148 valence electrons. The maximum absolute atomic E-state index is 13.4. The van der Waals surface area contributed by atoms with E-state index in [4.69, 9.17) is 4.74 Å². The van der Waals surface area contributed by atoms with Crippen LogP contribution in [0, 0.1) is 11.6 Å². The highest BCUT2D eigenvalue weighted by molar-refractivity contribution is 5.24. The van der Waals surface area contributed by atoms with Gasteiger partial charge in [-0.2, -0.15) is 0 Å². The van der Waals surface area contributed by atoms with Crippen LogP contribution < -0.4 is 4.74 Å². The Morgan fingerprint density at radius 2 is 1.77 bits per heavy atom. The number of halogens is 2. The van der Waals surface area contributed by atoms with E-state index in [1.165, 1.54) is 0 Å². The molecule has 1 heterocycles. The molecule has 1 aliphatic heterocycles. The third-order valence-electron chi connectivity index (χ3n) is 4.71. The van der Waals surface area contributed by atoms with Crippen LogP contribution in [0.4, 0.5) is 8.78 Å². The first-order valence-corrected chi connectivity index (χ1v) is 8.91. The predicted molar refractivity (Wildman–Crippen MR) is 90.8 cm³/mol. The standard InChI is InChI=1S/C18H27F2NO5/c19-12-5-6-13(20)16(9-12)26-8-4-2-1-3-7-21-10-15(23)18(25)17(24)14(21)11-22/h5-6,9,14-15,17-18,22-25H,1-4,7-8,10-11H2/t14-,15+,17-,18-/m1/s1. The molecule has 1 aromatic carbocycles. The number of hydrogen-bond donors (Lipinski definition) is 4. The van der Waals surface area contributed by atoms with Crippen molar-refractivity contribution < 1.29 is 33.9 Å². The molecule has 0 aliphatic carbocycles. The molecular weight excluding hydrogens is 348 g/mol. The number of benzene rings is 1. The number of rotatable bonds is 9. The second-order valence-electron chi connectivity index (χ2n) is 6.63. The Labute approximate surface area is 151 Å². The monoisotopic (exact) mass is 375 g/mol. The van der Waals surface area contributed by atoms with Crippen LogP contribution in [-0.2, 0) is 0 Å². The lowest BCUT2D eigenvalue weighted by Crippen LogP contribution is -2.62. The Balaban J connectivity index is 1.63. The second kappa shape index (κ2) is 10.1. The predicted octanol–water partition coefficient (Wildman–Crippen LogP) is 0.663. The molecule has 2 rings (SSSR count). The van der Waals surface area contributed by atoms with Gasteiger partial charge in [0.2, 0.25) is 0 Å². The van der Waals surface area contributed by atoms with E-state index in [1.807, 2.05) is 0 Å². The highest BCUT2D eigenvalue weighted by Gasteiger charge is 2.40. The van der Waals surface area contributed by atoms with Gasteiger partial charge in [-0.05, 0) is 31.5 Å². The Kier molecular flexibility index (Phi) is 8.17. The molecule has 0 bridgehead atoms. The summed E-state index contributed by atoms with van der Waals surface area (Å²) in [6, 6.07) is 2.49. The van der Waals surface area contributed by atoms with Gasteiger partial charge in [0.05, 0.1) is 25.4 Å². The highest BCUT2D eigenvalue weighted by atomic mass is 19.1. The number of β-amino-alcohol motifs (C(OH)–C–C–N with tert-alkyl or cyclic N) is 1. The van der Waals surface area contributed by atoms with E-state index in [1.54, 1.807) is 4.90 Å². The van der Waals surface area contributed by atoms with Gasteiger partial charge in [-0.3, -0.25) is 4.90 Å². The van der Waals surface area contributed by atoms with Gasteiger partial charge >= 0.3 is 0 Å².